The van der Waals surface area contributed by atoms with Gasteiger partial charge in [0.05, 0.1) is 32.8 Å². The van der Waals surface area contributed by atoms with Crippen LogP contribution >= 0.6 is 46.4 Å². The van der Waals surface area contributed by atoms with E-state index in [1.54, 1.807) is 0 Å². The van der Waals surface area contributed by atoms with Crippen molar-refractivity contribution in [3.05, 3.63) is 86.9 Å². The molecule has 0 heterocycles. The van der Waals surface area contributed by atoms with Crippen LogP contribution in [0.3, 0.4) is 0 Å². The lowest BCUT2D eigenvalue weighted by molar-refractivity contribution is -0.137. The molecule has 0 bridgehead atoms. The number of nitrogens with one attached hydrogen (secondary N) is 2. The van der Waals surface area contributed by atoms with Crippen LogP contribution in [-0.4, -0.2) is 16.1 Å². The number of carbonyl (C=O) groups excluding carboxylic acids is 2. The van der Waals surface area contributed by atoms with Crippen molar-refractivity contribution in [2.45, 2.75) is 16.4 Å². The minimum absolute atomic E-state index is 0.0589. The molecule has 38 heavy (non-hydrogen) atoms. The van der Waals surface area contributed by atoms with Crippen LogP contribution < -0.4 is 16.4 Å². The van der Waals surface area contributed by atoms with E-state index in [0.717, 1.165) is 24.3 Å². The highest BCUT2D eigenvalue weighted by atomic mass is 35.5. The maximum atomic E-state index is 14.2. The van der Waals surface area contributed by atoms with Gasteiger partial charge in [0.1, 0.15) is 15.8 Å². The summed E-state index contributed by atoms with van der Waals surface area (Å²) in [5, 5.41) is 4.12. The average Bonchev–Trinajstić information content (AvgIpc) is 3.42. The molecule has 1 aliphatic rings. The highest BCUT2D eigenvalue weighted by Gasteiger charge is 2.67. The topological polar surface area (TPSA) is 84.2 Å². The molecule has 14 heteroatoms. The number of hydrogen-bond donors (Lipinski definition) is 3. The molecule has 5 nitrogen and oxygen atoms in total. The number of nitrogen functional groups attached to an aromatic ring is 1. The zero-order chi connectivity index (χ0) is 28.2. The van der Waals surface area contributed by atoms with E-state index in [1.807, 2.05) is 0 Å². The molecule has 0 aliphatic heterocycles. The molecule has 3 aromatic carbocycles. The highest BCUT2D eigenvalue weighted by Crippen LogP contribution is 2.65. The van der Waals surface area contributed by atoms with E-state index < -0.39 is 67.8 Å². The summed E-state index contributed by atoms with van der Waals surface area (Å²) in [6.07, 6.45) is -4.73. The van der Waals surface area contributed by atoms with Crippen LogP contribution in [0.4, 0.5) is 39.0 Å². The number of halogens is 9. The number of rotatable bonds is 5. The van der Waals surface area contributed by atoms with Crippen molar-refractivity contribution >= 4 is 75.3 Å². The second kappa shape index (κ2) is 10.1. The van der Waals surface area contributed by atoms with Crippen molar-refractivity contribution in [2.24, 2.45) is 5.92 Å². The van der Waals surface area contributed by atoms with Gasteiger partial charge in [-0.15, -0.1) is 23.2 Å². The van der Waals surface area contributed by atoms with Gasteiger partial charge in [0.25, 0.3) is 5.91 Å². The normalized spacial score (nSPS) is 18.1. The first-order valence-electron chi connectivity index (χ1n) is 10.5. The molecular formula is C24H14Cl4F5N3O2. The van der Waals surface area contributed by atoms with Crippen LogP contribution in [0.1, 0.15) is 27.4 Å². The van der Waals surface area contributed by atoms with Crippen LogP contribution in [0.2, 0.25) is 10.0 Å². The molecule has 200 valence electrons. The summed E-state index contributed by atoms with van der Waals surface area (Å²) in [6, 6.07) is 8.74. The lowest BCUT2D eigenvalue weighted by Crippen LogP contribution is -2.18. The van der Waals surface area contributed by atoms with Gasteiger partial charge in [0.2, 0.25) is 5.91 Å². The number of nitrogens with two attached hydrogens (primary N) is 1. The first-order chi connectivity index (χ1) is 17.6. The first-order valence-corrected chi connectivity index (χ1v) is 12.0. The molecule has 2 amide bonds. The molecule has 1 aliphatic carbocycles. The maximum absolute atomic E-state index is 14.2. The van der Waals surface area contributed by atoms with E-state index in [4.69, 9.17) is 52.1 Å². The molecule has 0 saturated heterocycles. The van der Waals surface area contributed by atoms with E-state index in [0.29, 0.717) is 0 Å². The fraction of sp³-hybridized carbons (Fsp3) is 0.167. The standard InChI is InChI=1S/C24H14Cl4F5N3O2/c25-13-4-2-10(8-11(13)21(37)36-16-6-5-15(29)20(34)19(16)30)35-22(38)18-17(23(18,27)28)9-1-3-14(26)12(7-9)24(31,32)33/h1-8,17-18H,34H2,(H,35,38)(H,36,37)/t17-,18+/m0/s1. The molecule has 1 fully saturated rings. The van der Waals surface area contributed by atoms with E-state index in [9.17, 15) is 31.5 Å². The Bertz CT molecular complexity index is 1470. The third kappa shape index (κ3) is 5.36. The van der Waals surface area contributed by atoms with Crippen LogP contribution in [0.5, 0.6) is 0 Å². The number of carbonyl (C=O) groups is 2. The highest BCUT2D eigenvalue weighted by molar-refractivity contribution is 6.53. The average molecular weight is 613 g/mol. The largest absolute Gasteiger partial charge is 0.417 e. The summed E-state index contributed by atoms with van der Waals surface area (Å²) >= 11 is 24.2. The van der Waals surface area contributed by atoms with Crippen molar-refractivity contribution in [3.63, 3.8) is 0 Å². The second-order valence-electron chi connectivity index (χ2n) is 8.33. The Labute approximate surface area is 232 Å². The van der Waals surface area contributed by atoms with Crippen LogP contribution in [0, 0.1) is 17.6 Å². The summed E-state index contributed by atoms with van der Waals surface area (Å²) < 4.78 is 65.7. The van der Waals surface area contributed by atoms with Gasteiger partial charge in [-0.1, -0.05) is 29.3 Å². The Hall–Kier alpha value is -2.79. The van der Waals surface area contributed by atoms with E-state index in [1.165, 1.54) is 24.3 Å². The minimum atomic E-state index is -4.73. The Balaban J connectivity index is 1.53. The summed E-state index contributed by atoms with van der Waals surface area (Å²) in [4.78, 5) is 25.6. The predicted octanol–water partition coefficient (Wildman–Crippen LogP) is 7.65. The van der Waals surface area contributed by atoms with Gasteiger partial charge in [0, 0.05) is 11.6 Å². The molecule has 0 aromatic heterocycles. The summed E-state index contributed by atoms with van der Waals surface area (Å²) in [5.41, 5.74) is 2.93. The smallest absolute Gasteiger partial charge is 0.394 e. The Morgan fingerprint density at radius 2 is 1.58 bits per heavy atom. The van der Waals surface area contributed by atoms with E-state index >= 15 is 0 Å². The number of alkyl halides is 5. The molecule has 3 aromatic rings. The van der Waals surface area contributed by atoms with Gasteiger partial charge >= 0.3 is 6.18 Å². The van der Waals surface area contributed by atoms with Crippen molar-refractivity contribution in [2.75, 3.05) is 16.4 Å². The number of hydrogen-bond acceptors (Lipinski definition) is 3. The number of anilines is 3. The molecule has 0 radical (unpaired) electrons. The lowest BCUT2D eigenvalue weighted by atomic mass is 10.0. The zero-order valence-electron chi connectivity index (χ0n) is 18.6. The Morgan fingerprint density at radius 1 is 0.921 bits per heavy atom. The van der Waals surface area contributed by atoms with Gasteiger partial charge in [-0.05, 0) is 48.0 Å². The SMILES string of the molecule is Nc1c(F)ccc(NC(=O)c2cc(NC(=O)[C@H]3[C@H](c4ccc(Cl)c(C(F)(F)F)c4)C3(Cl)Cl)ccc2Cl)c1F. The van der Waals surface area contributed by atoms with Gasteiger partial charge in [-0.2, -0.15) is 13.2 Å². The van der Waals surface area contributed by atoms with Crippen LogP contribution in [-0.2, 0) is 11.0 Å². The molecule has 0 unspecified atom stereocenters. The molecule has 1 saturated carbocycles. The van der Waals surface area contributed by atoms with Gasteiger partial charge in [-0.25, -0.2) is 8.78 Å². The summed E-state index contributed by atoms with van der Waals surface area (Å²) in [5.74, 6) is -5.96. The van der Waals surface area contributed by atoms with Gasteiger partial charge in [0.15, 0.2) is 5.82 Å². The lowest BCUT2D eigenvalue weighted by Gasteiger charge is -2.12. The van der Waals surface area contributed by atoms with Gasteiger partial charge < -0.3 is 16.4 Å². The third-order valence-corrected chi connectivity index (χ3v) is 7.44. The van der Waals surface area contributed by atoms with Crippen molar-refractivity contribution < 1.29 is 31.5 Å². The van der Waals surface area contributed by atoms with Crippen LogP contribution in [0.25, 0.3) is 0 Å². The molecule has 4 rings (SSSR count). The van der Waals surface area contributed by atoms with Crippen molar-refractivity contribution in [1.29, 1.82) is 0 Å². The molecular weight excluding hydrogens is 599 g/mol. The predicted molar refractivity (Wildman–Crippen MR) is 136 cm³/mol. The number of benzene rings is 3. The Morgan fingerprint density at radius 3 is 2.24 bits per heavy atom. The van der Waals surface area contributed by atoms with Crippen LogP contribution in [0.15, 0.2) is 48.5 Å². The van der Waals surface area contributed by atoms with Crippen molar-refractivity contribution in [3.8, 4) is 0 Å². The summed E-state index contributed by atoms with van der Waals surface area (Å²) in [7, 11) is 0. The van der Waals surface area contributed by atoms with Crippen molar-refractivity contribution in [1.82, 2.24) is 0 Å². The molecule has 2 atom stereocenters. The summed E-state index contributed by atoms with van der Waals surface area (Å²) in [6.45, 7) is 0. The monoisotopic (exact) mass is 611 g/mol. The fourth-order valence-corrected chi connectivity index (χ4v) is 5.13. The van der Waals surface area contributed by atoms with E-state index in [2.05, 4.69) is 10.6 Å². The van der Waals surface area contributed by atoms with E-state index in [-0.39, 0.29) is 21.8 Å². The second-order valence-corrected chi connectivity index (χ2v) is 10.6. The quantitative estimate of drug-likeness (QED) is 0.157. The fourth-order valence-electron chi connectivity index (χ4n) is 3.87. The Kier molecular flexibility index (Phi) is 7.48. The maximum Gasteiger partial charge on any atom is 0.417 e. The zero-order valence-corrected chi connectivity index (χ0v) is 21.6. The molecule has 0 spiro atoms. The molecule has 4 N–H and O–H groups in total. The minimum Gasteiger partial charge on any atom is -0.394 e. The number of amides is 2. The first kappa shape index (κ1) is 28.2. The third-order valence-electron chi connectivity index (χ3n) is 5.84. The van der Waals surface area contributed by atoms with Gasteiger partial charge in [-0.3, -0.25) is 9.59 Å².